The van der Waals surface area contributed by atoms with Gasteiger partial charge in [0.25, 0.3) is 5.91 Å². The van der Waals surface area contributed by atoms with Gasteiger partial charge in [0, 0.05) is 43.0 Å². The van der Waals surface area contributed by atoms with Gasteiger partial charge in [0.2, 0.25) is 0 Å². The van der Waals surface area contributed by atoms with Crippen LogP contribution in [0.1, 0.15) is 46.3 Å². The van der Waals surface area contributed by atoms with E-state index < -0.39 is 0 Å². The van der Waals surface area contributed by atoms with Gasteiger partial charge in [-0.1, -0.05) is 0 Å². The number of anilines is 1. The van der Waals surface area contributed by atoms with Crippen molar-refractivity contribution < 1.29 is 9.53 Å². The molecule has 0 saturated carbocycles. The molecule has 2 fully saturated rings. The smallest absolute Gasteiger partial charge is 0.261 e. The summed E-state index contributed by atoms with van der Waals surface area (Å²) in [5.41, 5.74) is 0. The number of nitrogens with zero attached hydrogens (tertiary/aromatic N) is 3. The molecular formula is C18H22N4O2S. The molecule has 1 amide bonds. The van der Waals surface area contributed by atoms with Crippen LogP contribution in [0.5, 0.6) is 0 Å². The molecule has 2 aliphatic heterocycles. The molecule has 4 heterocycles. The van der Waals surface area contributed by atoms with Gasteiger partial charge < -0.3 is 15.0 Å². The SMILES string of the molecule is O=C(NC1CCN(c2cnccn2)CC1)c1ccc([C@@H]2CCCO2)s1. The lowest BCUT2D eigenvalue weighted by Crippen LogP contribution is -2.44. The third-order valence-corrected chi connectivity index (χ3v) is 5.98. The van der Waals surface area contributed by atoms with E-state index in [1.54, 1.807) is 29.9 Å². The van der Waals surface area contributed by atoms with Crippen LogP contribution in [0.25, 0.3) is 0 Å². The Balaban J connectivity index is 1.30. The Morgan fingerprint density at radius 3 is 2.84 bits per heavy atom. The Morgan fingerprint density at radius 2 is 2.12 bits per heavy atom. The molecule has 132 valence electrons. The van der Waals surface area contributed by atoms with Crippen LogP contribution in [0.3, 0.4) is 0 Å². The normalized spacial score (nSPS) is 21.4. The number of carbonyl (C=O) groups excluding carboxylic acids is 1. The molecule has 0 unspecified atom stereocenters. The van der Waals surface area contributed by atoms with Crippen molar-refractivity contribution in [3.05, 3.63) is 40.5 Å². The molecule has 2 saturated heterocycles. The van der Waals surface area contributed by atoms with Crippen LogP contribution in [-0.4, -0.2) is 41.6 Å². The fourth-order valence-corrected chi connectivity index (χ4v) is 4.41. The number of nitrogens with one attached hydrogen (secondary N) is 1. The van der Waals surface area contributed by atoms with E-state index in [4.69, 9.17) is 4.74 Å². The van der Waals surface area contributed by atoms with Crippen LogP contribution < -0.4 is 10.2 Å². The van der Waals surface area contributed by atoms with E-state index in [1.165, 1.54) is 4.88 Å². The Bertz CT molecular complexity index is 707. The minimum absolute atomic E-state index is 0.0344. The molecule has 6 nitrogen and oxygen atoms in total. The number of hydrogen-bond acceptors (Lipinski definition) is 6. The first-order chi connectivity index (χ1) is 12.3. The van der Waals surface area contributed by atoms with Crippen LogP contribution >= 0.6 is 11.3 Å². The highest BCUT2D eigenvalue weighted by molar-refractivity contribution is 7.14. The molecule has 1 atom stereocenters. The number of piperidine rings is 1. The number of carbonyl (C=O) groups is 1. The number of amides is 1. The van der Waals surface area contributed by atoms with Crippen molar-refractivity contribution in [1.82, 2.24) is 15.3 Å². The van der Waals surface area contributed by atoms with Gasteiger partial charge >= 0.3 is 0 Å². The van der Waals surface area contributed by atoms with E-state index in [2.05, 4.69) is 20.2 Å². The van der Waals surface area contributed by atoms with Gasteiger partial charge in [0.15, 0.2) is 0 Å². The minimum Gasteiger partial charge on any atom is -0.373 e. The average molecular weight is 358 g/mol. The molecular weight excluding hydrogens is 336 g/mol. The van der Waals surface area contributed by atoms with Crippen molar-refractivity contribution in [2.24, 2.45) is 0 Å². The van der Waals surface area contributed by atoms with Gasteiger partial charge in [-0.15, -0.1) is 11.3 Å². The Morgan fingerprint density at radius 1 is 1.24 bits per heavy atom. The second-order valence-corrected chi connectivity index (χ2v) is 7.62. The first-order valence-corrected chi connectivity index (χ1v) is 9.64. The molecule has 0 spiro atoms. The Hall–Kier alpha value is -1.99. The fourth-order valence-electron chi connectivity index (χ4n) is 3.41. The van der Waals surface area contributed by atoms with E-state index in [-0.39, 0.29) is 18.1 Å². The number of rotatable bonds is 4. The molecule has 2 aromatic rings. The highest BCUT2D eigenvalue weighted by Gasteiger charge is 2.24. The molecule has 7 heteroatoms. The summed E-state index contributed by atoms with van der Waals surface area (Å²) in [7, 11) is 0. The number of hydrogen-bond donors (Lipinski definition) is 1. The van der Waals surface area contributed by atoms with Crippen LogP contribution in [0.2, 0.25) is 0 Å². The number of thiophene rings is 1. The lowest BCUT2D eigenvalue weighted by Gasteiger charge is -2.32. The maximum Gasteiger partial charge on any atom is 0.261 e. The van der Waals surface area contributed by atoms with Crippen molar-refractivity contribution in [3.8, 4) is 0 Å². The zero-order valence-corrected chi connectivity index (χ0v) is 14.9. The van der Waals surface area contributed by atoms with E-state index in [0.29, 0.717) is 0 Å². The van der Waals surface area contributed by atoms with Gasteiger partial charge in [-0.05, 0) is 37.8 Å². The predicted octanol–water partition coefficient (Wildman–Crippen LogP) is 2.79. The van der Waals surface area contributed by atoms with Crippen molar-refractivity contribution >= 4 is 23.1 Å². The summed E-state index contributed by atoms with van der Waals surface area (Å²) in [5.74, 6) is 0.943. The Labute approximate surface area is 151 Å². The van der Waals surface area contributed by atoms with Crippen molar-refractivity contribution in [3.63, 3.8) is 0 Å². The van der Waals surface area contributed by atoms with Crippen LogP contribution in [-0.2, 0) is 4.74 Å². The van der Waals surface area contributed by atoms with Gasteiger partial charge in [-0.2, -0.15) is 0 Å². The first-order valence-electron chi connectivity index (χ1n) is 8.83. The Kier molecular flexibility index (Phi) is 4.94. The van der Waals surface area contributed by atoms with Crippen molar-refractivity contribution in [2.75, 3.05) is 24.6 Å². The number of ether oxygens (including phenoxy) is 1. The van der Waals surface area contributed by atoms with E-state index in [0.717, 1.165) is 56.1 Å². The third-order valence-electron chi connectivity index (χ3n) is 4.80. The molecule has 4 rings (SSSR count). The summed E-state index contributed by atoms with van der Waals surface area (Å²) in [6.45, 7) is 2.60. The second-order valence-electron chi connectivity index (χ2n) is 6.50. The number of aromatic nitrogens is 2. The van der Waals surface area contributed by atoms with Crippen LogP contribution in [0.15, 0.2) is 30.7 Å². The first kappa shape index (κ1) is 16.5. The summed E-state index contributed by atoms with van der Waals surface area (Å²) in [6, 6.07) is 4.17. The zero-order chi connectivity index (χ0) is 17.1. The molecule has 2 aromatic heterocycles. The highest BCUT2D eigenvalue weighted by Crippen LogP contribution is 2.33. The van der Waals surface area contributed by atoms with Gasteiger partial charge in [-0.3, -0.25) is 9.78 Å². The van der Waals surface area contributed by atoms with Crippen molar-refractivity contribution in [2.45, 2.75) is 37.8 Å². The molecule has 0 radical (unpaired) electrons. The minimum atomic E-state index is 0.0344. The predicted molar refractivity (Wildman–Crippen MR) is 97.0 cm³/mol. The topological polar surface area (TPSA) is 67.4 Å². The molecule has 0 aliphatic carbocycles. The second kappa shape index (κ2) is 7.49. The molecule has 1 N–H and O–H groups in total. The lowest BCUT2D eigenvalue weighted by molar-refractivity contribution is 0.0935. The fraction of sp³-hybridized carbons (Fsp3) is 0.500. The van der Waals surface area contributed by atoms with E-state index >= 15 is 0 Å². The standard InChI is InChI=1S/C18H22N4O2S/c23-18(16-4-3-15(25-16)14-2-1-11-24-14)21-13-5-9-22(10-6-13)17-12-19-7-8-20-17/h3-4,7-8,12-14H,1-2,5-6,9-11H2,(H,21,23)/t14-/m0/s1. The lowest BCUT2D eigenvalue weighted by atomic mass is 10.1. The third kappa shape index (κ3) is 3.82. The monoisotopic (exact) mass is 358 g/mol. The quantitative estimate of drug-likeness (QED) is 0.910. The van der Waals surface area contributed by atoms with Gasteiger partial charge in [0.05, 0.1) is 17.2 Å². The molecule has 0 bridgehead atoms. The largest absolute Gasteiger partial charge is 0.373 e. The van der Waals surface area contributed by atoms with E-state index in [1.807, 2.05) is 12.1 Å². The summed E-state index contributed by atoms with van der Waals surface area (Å²) in [4.78, 5) is 25.1. The zero-order valence-electron chi connectivity index (χ0n) is 14.1. The van der Waals surface area contributed by atoms with Crippen molar-refractivity contribution in [1.29, 1.82) is 0 Å². The highest BCUT2D eigenvalue weighted by atomic mass is 32.1. The summed E-state index contributed by atoms with van der Waals surface area (Å²) in [5, 5.41) is 3.18. The van der Waals surface area contributed by atoms with E-state index in [9.17, 15) is 4.79 Å². The maximum absolute atomic E-state index is 12.5. The summed E-state index contributed by atoms with van der Waals surface area (Å²) >= 11 is 1.56. The summed E-state index contributed by atoms with van der Waals surface area (Å²) < 4.78 is 5.70. The summed E-state index contributed by atoms with van der Waals surface area (Å²) in [6.07, 6.45) is 9.38. The van der Waals surface area contributed by atoms with Crippen LogP contribution in [0, 0.1) is 0 Å². The van der Waals surface area contributed by atoms with Gasteiger partial charge in [0.1, 0.15) is 5.82 Å². The van der Waals surface area contributed by atoms with Crippen LogP contribution in [0.4, 0.5) is 5.82 Å². The van der Waals surface area contributed by atoms with Gasteiger partial charge in [-0.25, -0.2) is 4.98 Å². The maximum atomic E-state index is 12.5. The molecule has 0 aromatic carbocycles. The molecule has 2 aliphatic rings. The molecule has 25 heavy (non-hydrogen) atoms. The average Bonchev–Trinajstić information content (AvgIpc) is 3.35.